The van der Waals surface area contributed by atoms with Gasteiger partial charge in [0.25, 0.3) is 5.09 Å². The van der Waals surface area contributed by atoms with E-state index in [-0.39, 0.29) is 30.6 Å². The van der Waals surface area contributed by atoms with Gasteiger partial charge in [-0.3, -0.25) is 4.79 Å². The van der Waals surface area contributed by atoms with Crippen molar-refractivity contribution >= 4 is 23.9 Å². The Balaban J connectivity index is 1.87. The highest BCUT2D eigenvalue weighted by Gasteiger charge is 2.19. The number of ether oxygens (including phenoxy) is 3. The topological polar surface area (TPSA) is 143 Å². The molecule has 0 aliphatic heterocycles. The minimum atomic E-state index is -0.866. The molecule has 1 unspecified atom stereocenters. The van der Waals surface area contributed by atoms with Crippen molar-refractivity contribution in [1.82, 2.24) is 5.32 Å². The maximum atomic E-state index is 12.4. The first kappa shape index (κ1) is 30.6. The molecular weight excluding hydrogens is 508 g/mol. The molecule has 0 fully saturated rings. The van der Waals surface area contributed by atoms with Gasteiger partial charge in [-0.1, -0.05) is 42.5 Å². The first-order chi connectivity index (χ1) is 18.7. The Kier molecular flexibility index (Phi) is 12.7. The number of hydrogen-bond acceptors (Lipinski definition) is 9. The Morgan fingerprint density at radius 1 is 1.05 bits per heavy atom. The van der Waals surface area contributed by atoms with Crippen molar-refractivity contribution in [2.75, 3.05) is 7.11 Å². The molecule has 0 saturated heterocycles. The molecule has 0 saturated carbocycles. The van der Waals surface area contributed by atoms with E-state index in [4.69, 9.17) is 14.2 Å². The van der Waals surface area contributed by atoms with E-state index in [1.165, 1.54) is 25.3 Å². The van der Waals surface area contributed by atoms with Crippen molar-refractivity contribution in [1.29, 1.82) is 0 Å². The fourth-order valence-electron chi connectivity index (χ4n) is 3.21. The lowest BCUT2D eigenvalue weighted by Gasteiger charge is -2.15. The van der Waals surface area contributed by atoms with Gasteiger partial charge in [-0.2, -0.15) is 0 Å². The van der Waals surface area contributed by atoms with Crippen LogP contribution in [0.25, 0.3) is 6.08 Å². The largest absolute Gasteiger partial charge is 0.493 e. The smallest absolute Gasteiger partial charge is 0.333 e. The molecule has 1 amide bonds. The third kappa shape index (κ3) is 11.5. The molecule has 1 N–H and O–H groups in total. The standard InChI is InChI=1S/C28H32N2O9/c1-4-5-6-7-8-26(31)29-20(2)28(33)39-24-15-13-21(17-25(24)36-3)14-16-27(32)37-18-22-9-11-23(12-10-22)19-38-30(34)35/h4-5,9-17,20H,6-8,18-19H2,1-3H3,(H,29,31)/b5-4-,16-14+. The first-order valence-electron chi connectivity index (χ1n) is 12.2. The van der Waals surface area contributed by atoms with Crippen LogP contribution in [0.5, 0.6) is 11.5 Å². The highest BCUT2D eigenvalue weighted by Crippen LogP contribution is 2.29. The van der Waals surface area contributed by atoms with E-state index in [0.29, 0.717) is 29.5 Å². The number of hydrogen-bond donors (Lipinski definition) is 1. The average molecular weight is 541 g/mol. The number of allylic oxidation sites excluding steroid dienone is 2. The molecule has 0 aliphatic carbocycles. The summed E-state index contributed by atoms with van der Waals surface area (Å²) in [7, 11) is 1.42. The van der Waals surface area contributed by atoms with Gasteiger partial charge in [0.1, 0.15) is 19.3 Å². The second-order valence-corrected chi connectivity index (χ2v) is 8.34. The van der Waals surface area contributed by atoms with Crippen LogP contribution in [0.4, 0.5) is 0 Å². The number of nitrogens with zero attached hydrogens (tertiary/aromatic N) is 1. The van der Waals surface area contributed by atoms with E-state index in [1.807, 2.05) is 19.1 Å². The number of benzene rings is 2. The maximum absolute atomic E-state index is 12.4. The lowest BCUT2D eigenvalue weighted by molar-refractivity contribution is -0.763. The number of amides is 1. The van der Waals surface area contributed by atoms with Crippen LogP contribution in [0.1, 0.15) is 49.8 Å². The Bertz CT molecular complexity index is 1190. The lowest BCUT2D eigenvalue weighted by atomic mass is 10.1. The second-order valence-electron chi connectivity index (χ2n) is 8.34. The predicted octanol–water partition coefficient (Wildman–Crippen LogP) is 4.32. The minimum absolute atomic E-state index is 0.0161. The lowest BCUT2D eigenvalue weighted by Crippen LogP contribution is -2.40. The van der Waals surface area contributed by atoms with Crippen LogP contribution < -0.4 is 14.8 Å². The van der Waals surface area contributed by atoms with E-state index >= 15 is 0 Å². The molecule has 2 aromatic rings. The van der Waals surface area contributed by atoms with Crippen LogP contribution in [0, 0.1) is 10.1 Å². The maximum Gasteiger partial charge on any atom is 0.333 e. The second kappa shape index (κ2) is 16.2. The summed E-state index contributed by atoms with van der Waals surface area (Å²) in [6.45, 7) is 3.31. The highest BCUT2D eigenvalue weighted by atomic mass is 16.9. The molecular formula is C28H32N2O9. The van der Waals surface area contributed by atoms with Crippen molar-refractivity contribution in [2.45, 2.75) is 52.4 Å². The fourth-order valence-corrected chi connectivity index (χ4v) is 3.21. The summed E-state index contributed by atoms with van der Waals surface area (Å²) < 4.78 is 15.9. The number of carbonyl (C=O) groups is 3. The van der Waals surface area contributed by atoms with Gasteiger partial charge in [-0.05, 0) is 61.6 Å². The van der Waals surface area contributed by atoms with Crippen molar-refractivity contribution in [2.24, 2.45) is 0 Å². The number of carbonyl (C=O) groups excluding carboxylic acids is 3. The molecule has 11 nitrogen and oxygen atoms in total. The van der Waals surface area contributed by atoms with Gasteiger partial charge in [0, 0.05) is 12.5 Å². The van der Waals surface area contributed by atoms with E-state index in [2.05, 4.69) is 10.2 Å². The summed E-state index contributed by atoms with van der Waals surface area (Å²) in [5.41, 5.74) is 1.91. The van der Waals surface area contributed by atoms with E-state index in [9.17, 15) is 24.5 Å². The van der Waals surface area contributed by atoms with Gasteiger partial charge in [0.15, 0.2) is 11.5 Å². The molecule has 0 aromatic heterocycles. The van der Waals surface area contributed by atoms with E-state index in [0.717, 1.165) is 6.42 Å². The molecule has 0 aliphatic rings. The predicted molar refractivity (Wildman–Crippen MR) is 142 cm³/mol. The monoisotopic (exact) mass is 540 g/mol. The molecule has 2 rings (SSSR count). The first-order valence-corrected chi connectivity index (χ1v) is 12.2. The van der Waals surface area contributed by atoms with Crippen molar-refractivity contribution in [3.63, 3.8) is 0 Å². The number of unbranched alkanes of at least 4 members (excludes halogenated alkanes) is 1. The van der Waals surface area contributed by atoms with Gasteiger partial charge >= 0.3 is 11.9 Å². The summed E-state index contributed by atoms with van der Waals surface area (Å²) >= 11 is 0. The van der Waals surface area contributed by atoms with Crippen LogP contribution >= 0.6 is 0 Å². The Morgan fingerprint density at radius 3 is 2.38 bits per heavy atom. The quantitative estimate of drug-likeness (QED) is 0.0664. The number of esters is 2. The zero-order valence-corrected chi connectivity index (χ0v) is 22.1. The highest BCUT2D eigenvalue weighted by molar-refractivity contribution is 5.87. The van der Waals surface area contributed by atoms with Crippen LogP contribution in [0.2, 0.25) is 0 Å². The SMILES string of the molecule is C/C=C\CCCC(=O)NC(C)C(=O)Oc1ccc(/C=C/C(=O)OCc2ccc(CO[N+](=O)[O-])cc2)cc1OC. The molecule has 0 heterocycles. The van der Waals surface area contributed by atoms with Gasteiger partial charge in [0.2, 0.25) is 5.91 Å². The van der Waals surface area contributed by atoms with E-state index < -0.39 is 23.1 Å². The van der Waals surface area contributed by atoms with Crippen LogP contribution in [0.3, 0.4) is 0 Å². The Hall–Kier alpha value is -4.67. The Labute approximate surface area is 226 Å². The number of methoxy groups -OCH3 is 1. The summed E-state index contributed by atoms with van der Waals surface area (Å²) in [6.07, 6.45) is 8.44. The molecule has 0 radical (unpaired) electrons. The molecule has 11 heteroatoms. The average Bonchev–Trinajstić information content (AvgIpc) is 2.92. The van der Waals surface area contributed by atoms with Crippen molar-refractivity contribution < 1.29 is 38.5 Å². The molecule has 2 aromatic carbocycles. The van der Waals surface area contributed by atoms with Gasteiger partial charge in [0.05, 0.1) is 7.11 Å². The molecule has 1 atom stereocenters. The summed E-state index contributed by atoms with van der Waals surface area (Å²) in [6, 6.07) is 10.5. The van der Waals surface area contributed by atoms with Gasteiger partial charge in [-0.15, -0.1) is 10.1 Å². The normalized spacial score (nSPS) is 11.7. The third-order valence-corrected chi connectivity index (χ3v) is 5.29. The summed E-state index contributed by atoms with van der Waals surface area (Å²) in [5.74, 6) is -1.02. The molecule has 39 heavy (non-hydrogen) atoms. The minimum Gasteiger partial charge on any atom is -0.493 e. The van der Waals surface area contributed by atoms with Gasteiger partial charge in [-0.25, -0.2) is 9.59 Å². The number of rotatable bonds is 15. The molecule has 208 valence electrons. The van der Waals surface area contributed by atoms with Crippen LogP contribution in [-0.4, -0.2) is 36.1 Å². The van der Waals surface area contributed by atoms with E-state index in [1.54, 1.807) is 43.3 Å². The zero-order valence-electron chi connectivity index (χ0n) is 22.1. The zero-order chi connectivity index (χ0) is 28.6. The van der Waals surface area contributed by atoms with Crippen molar-refractivity contribution in [3.05, 3.63) is 87.5 Å². The van der Waals surface area contributed by atoms with Gasteiger partial charge < -0.3 is 24.4 Å². The van der Waals surface area contributed by atoms with Crippen LogP contribution in [0.15, 0.2) is 60.7 Å². The fraction of sp³-hybridized carbons (Fsp3) is 0.321. The van der Waals surface area contributed by atoms with Crippen molar-refractivity contribution in [3.8, 4) is 11.5 Å². The molecule has 0 bridgehead atoms. The van der Waals surface area contributed by atoms with Crippen LogP contribution in [-0.2, 0) is 37.2 Å². The summed E-state index contributed by atoms with van der Waals surface area (Å²) in [4.78, 5) is 51.1. The Morgan fingerprint density at radius 2 is 1.74 bits per heavy atom. The summed E-state index contributed by atoms with van der Waals surface area (Å²) in [5, 5.41) is 12.0. The molecule has 0 spiro atoms. The number of nitrogens with one attached hydrogen (secondary N) is 1. The third-order valence-electron chi connectivity index (χ3n) is 5.29.